The standard InChI is InChI=1S/C20H21ClN2O3S/c1-16-4-2-3-5-17(16)6-11-20(24)22-12-14-23(15-13-22)27(25,26)19-9-7-18(21)8-10-19/h2-11H,12-15H2,1H3/b11-6+. The van der Waals surface area contributed by atoms with Gasteiger partial charge in [-0.05, 0) is 48.4 Å². The molecule has 0 bridgehead atoms. The maximum Gasteiger partial charge on any atom is 0.246 e. The summed E-state index contributed by atoms with van der Waals surface area (Å²) in [4.78, 5) is 14.3. The molecule has 1 fully saturated rings. The van der Waals surface area contributed by atoms with E-state index in [9.17, 15) is 13.2 Å². The monoisotopic (exact) mass is 404 g/mol. The topological polar surface area (TPSA) is 57.7 Å². The lowest BCUT2D eigenvalue weighted by atomic mass is 10.1. The number of aryl methyl sites for hydroxylation is 1. The number of hydrogen-bond donors (Lipinski definition) is 0. The molecule has 0 saturated carbocycles. The van der Waals surface area contributed by atoms with Gasteiger partial charge in [-0.15, -0.1) is 0 Å². The predicted molar refractivity (Wildman–Crippen MR) is 107 cm³/mol. The van der Waals surface area contributed by atoms with E-state index in [4.69, 9.17) is 11.6 Å². The van der Waals surface area contributed by atoms with Gasteiger partial charge in [0.15, 0.2) is 0 Å². The van der Waals surface area contributed by atoms with Crippen LogP contribution in [-0.4, -0.2) is 49.7 Å². The van der Waals surface area contributed by atoms with Gasteiger partial charge in [-0.3, -0.25) is 4.79 Å². The van der Waals surface area contributed by atoms with Crippen molar-refractivity contribution in [3.05, 3.63) is 70.8 Å². The third-order valence-corrected chi connectivity index (χ3v) is 6.76. The SMILES string of the molecule is Cc1ccccc1/C=C/C(=O)N1CCN(S(=O)(=O)c2ccc(Cl)cc2)CC1. The molecule has 1 heterocycles. The number of sulfonamides is 1. The fraction of sp³-hybridized carbons (Fsp3) is 0.250. The van der Waals surface area contributed by atoms with Crippen LogP contribution in [0.3, 0.4) is 0 Å². The van der Waals surface area contributed by atoms with Gasteiger partial charge in [0, 0.05) is 37.3 Å². The second-order valence-electron chi connectivity index (χ2n) is 6.37. The minimum atomic E-state index is -3.57. The molecule has 0 radical (unpaired) electrons. The Hall–Kier alpha value is -2.15. The van der Waals surface area contributed by atoms with Crippen LogP contribution >= 0.6 is 11.6 Å². The highest BCUT2D eigenvalue weighted by Crippen LogP contribution is 2.20. The summed E-state index contributed by atoms with van der Waals surface area (Å²) >= 11 is 5.83. The molecule has 0 aromatic heterocycles. The van der Waals surface area contributed by atoms with Crippen molar-refractivity contribution in [3.8, 4) is 0 Å². The molecule has 2 aromatic carbocycles. The minimum Gasteiger partial charge on any atom is -0.337 e. The summed E-state index contributed by atoms with van der Waals surface area (Å²) in [5.74, 6) is -0.109. The zero-order valence-electron chi connectivity index (χ0n) is 15.0. The number of amides is 1. The van der Waals surface area contributed by atoms with Crippen molar-refractivity contribution >= 4 is 33.6 Å². The summed E-state index contributed by atoms with van der Waals surface area (Å²) in [6.07, 6.45) is 3.35. The average molecular weight is 405 g/mol. The first kappa shape index (κ1) is 19.6. The number of nitrogens with zero attached hydrogens (tertiary/aromatic N) is 2. The van der Waals surface area contributed by atoms with Crippen molar-refractivity contribution in [3.63, 3.8) is 0 Å². The summed E-state index contributed by atoms with van der Waals surface area (Å²) in [7, 11) is -3.57. The Kier molecular flexibility index (Phi) is 5.99. The van der Waals surface area contributed by atoms with Crippen LogP contribution in [0.5, 0.6) is 0 Å². The van der Waals surface area contributed by atoms with E-state index in [2.05, 4.69) is 0 Å². The van der Waals surface area contributed by atoms with E-state index >= 15 is 0 Å². The second-order valence-corrected chi connectivity index (χ2v) is 8.75. The van der Waals surface area contributed by atoms with E-state index in [1.54, 1.807) is 29.2 Å². The molecule has 0 spiro atoms. The Labute approximate surface area is 164 Å². The molecular weight excluding hydrogens is 384 g/mol. The first-order valence-corrected chi connectivity index (χ1v) is 10.5. The fourth-order valence-electron chi connectivity index (χ4n) is 2.94. The quantitative estimate of drug-likeness (QED) is 0.735. The summed E-state index contributed by atoms with van der Waals surface area (Å²) in [6.45, 7) is 3.27. The molecule has 5 nitrogen and oxygen atoms in total. The Balaban J connectivity index is 1.62. The predicted octanol–water partition coefficient (Wildman–Crippen LogP) is 3.19. The Morgan fingerprint density at radius 1 is 1.00 bits per heavy atom. The molecule has 1 amide bonds. The van der Waals surface area contributed by atoms with E-state index in [1.165, 1.54) is 16.4 Å². The van der Waals surface area contributed by atoms with Gasteiger partial charge < -0.3 is 4.90 Å². The van der Waals surface area contributed by atoms with E-state index in [1.807, 2.05) is 31.2 Å². The molecule has 7 heteroatoms. The molecule has 2 aromatic rings. The molecule has 0 atom stereocenters. The van der Waals surface area contributed by atoms with E-state index in [0.717, 1.165) is 11.1 Å². The molecule has 0 unspecified atom stereocenters. The van der Waals surface area contributed by atoms with Crippen LogP contribution in [0.1, 0.15) is 11.1 Å². The summed E-state index contributed by atoms with van der Waals surface area (Å²) in [5.41, 5.74) is 2.09. The molecule has 142 valence electrons. The van der Waals surface area contributed by atoms with Gasteiger partial charge in [-0.2, -0.15) is 4.31 Å². The highest BCUT2D eigenvalue weighted by Gasteiger charge is 2.29. The largest absolute Gasteiger partial charge is 0.337 e. The first-order valence-electron chi connectivity index (χ1n) is 8.66. The van der Waals surface area contributed by atoms with Gasteiger partial charge in [0.05, 0.1) is 4.90 Å². The van der Waals surface area contributed by atoms with E-state index in [0.29, 0.717) is 18.1 Å². The minimum absolute atomic E-state index is 0.109. The van der Waals surface area contributed by atoms with Gasteiger partial charge in [-0.25, -0.2) is 8.42 Å². The summed E-state index contributed by atoms with van der Waals surface area (Å²) < 4.78 is 26.8. The number of hydrogen-bond acceptors (Lipinski definition) is 3. The van der Waals surface area contributed by atoms with E-state index in [-0.39, 0.29) is 23.9 Å². The Bertz CT molecular complexity index is 947. The maximum absolute atomic E-state index is 12.7. The van der Waals surface area contributed by atoms with Crippen LogP contribution in [0.4, 0.5) is 0 Å². The number of carbonyl (C=O) groups is 1. The molecular formula is C20H21ClN2O3S. The van der Waals surface area contributed by atoms with Gasteiger partial charge in [0.2, 0.25) is 15.9 Å². The third kappa shape index (κ3) is 4.58. The van der Waals surface area contributed by atoms with Crippen molar-refractivity contribution in [1.29, 1.82) is 0 Å². The Morgan fingerprint density at radius 3 is 2.26 bits per heavy atom. The van der Waals surface area contributed by atoms with Crippen LogP contribution in [0.15, 0.2) is 59.5 Å². The average Bonchev–Trinajstić information content (AvgIpc) is 2.67. The van der Waals surface area contributed by atoms with Crippen LogP contribution in [0.25, 0.3) is 6.08 Å². The van der Waals surface area contributed by atoms with Crippen molar-refractivity contribution in [2.75, 3.05) is 26.2 Å². The van der Waals surface area contributed by atoms with Gasteiger partial charge in [-0.1, -0.05) is 35.9 Å². The zero-order valence-corrected chi connectivity index (χ0v) is 16.6. The first-order chi connectivity index (χ1) is 12.9. The van der Waals surface area contributed by atoms with Crippen molar-refractivity contribution in [2.24, 2.45) is 0 Å². The number of benzene rings is 2. The molecule has 1 aliphatic rings. The lowest BCUT2D eigenvalue weighted by molar-refractivity contribution is -0.127. The third-order valence-electron chi connectivity index (χ3n) is 4.60. The second kappa shape index (κ2) is 8.25. The molecule has 3 rings (SSSR count). The highest BCUT2D eigenvalue weighted by molar-refractivity contribution is 7.89. The summed E-state index contributed by atoms with van der Waals surface area (Å²) in [5, 5.41) is 0.491. The summed E-state index contributed by atoms with van der Waals surface area (Å²) in [6, 6.07) is 13.9. The van der Waals surface area contributed by atoms with Crippen molar-refractivity contribution < 1.29 is 13.2 Å². The van der Waals surface area contributed by atoms with Crippen LogP contribution in [-0.2, 0) is 14.8 Å². The molecule has 27 heavy (non-hydrogen) atoms. The van der Waals surface area contributed by atoms with Gasteiger partial charge in [0.1, 0.15) is 0 Å². The highest BCUT2D eigenvalue weighted by atomic mass is 35.5. The maximum atomic E-state index is 12.7. The number of carbonyl (C=O) groups excluding carboxylic acids is 1. The molecule has 0 N–H and O–H groups in total. The molecule has 1 aliphatic heterocycles. The smallest absolute Gasteiger partial charge is 0.246 e. The normalized spacial score (nSPS) is 16.0. The van der Waals surface area contributed by atoms with Gasteiger partial charge >= 0.3 is 0 Å². The van der Waals surface area contributed by atoms with Gasteiger partial charge in [0.25, 0.3) is 0 Å². The van der Waals surface area contributed by atoms with Crippen LogP contribution in [0.2, 0.25) is 5.02 Å². The van der Waals surface area contributed by atoms with Crippen molar-refractivity contribution in [2.45, 2.75) is 11.8 Å². The lowest BCUT2D eigenvalue weighted by Gasteiger charge is -2.33. The lowest BCUT2D eigenvalue weighted by Crippen LogP contribution is -2.50. The zero-order chi connectivity index (χ0) is 19.4. The number of halogens is 1. The van der Waals surface area contributed by atoms with E-state index < -0.39 is 10.0 Å². The molecule has 1 saturated heterocycles. The number of rotatable bonds is 4. The fourth-order valence-corrected chi connectivity index (χ4v) is 4.49. The Morgan fingerprint density at radius 2 is 1.63 bits per heavy atom. The van der Waals surface area contributed by atoms with Crippen LogP contribution in [0, 0.1) is 6.92 Å². The molecule has 0 aliphatic carbocycles. The number of piperazine rings is 1. The van der Waals surface area contributed by atoms with Crippen molar-refractivity contribution in [1.82, 2.24) is 9.21 Å². The van der Waals surface area contributed by atoms with Crippen LogP contribution < -0.4 is 0 Å².